The van der Waals surface area contributed by atoms with Gasteiger partial charge in [0.15, 0.2) is 5.82 Å². The fourth-order valence-electron chi connectivity index (χ4n) is 3.26. The van der Waals surface area contributed by atoms with Crippen molar-refractivity contribution in [1.82, 2.24) is 20.3 Å². The molecule has 1 fully saturated rings. The van der Waals surface area contributed by atoms with Crippen molar-refractivity contribution >= 4 is 62.0 Å². The van der Waals surface area contributed by atoms with Crippen LogP contribution in [0, 0.1) is 11.8 Å². The van der Waals surface area contributed by atoms with Crippen LogP contribution in [0.2, 0.25) is 5.02 Å². The Hall–Kier alpha value is -3.44. The minimum atomic E-state index is -5.08. The predicted octanol–water partition coefficient (Wildman–Crippen LogP) is 5.86. The van der Waals surface area contributed by atoms with Gasteiger partial charge in [-0.25, -0.2) is 19.7 Å². The van der Waals surface area contributed by atoms with Crippen LogP contribution in [0.3, 0.4) is 0 Å². The Morgan fingerprint density at radius 3 is 2.76 bits per heavy atom. The van der Waals surface area contributed by atoms with Gasteiger partial charge in [0, 0.05) is 11.1 Å². The average molecular weight is 582 g/mol. The van der Waals surface area contributed by atoms with Crippen molar-refractivity contribution in [2.24, 2.45) is 0 Å². The molecule has 1 atom stereocenters. The lowest BCUT2D eigenvalue weighted by Crippen LogP contribution is -2.21. The van der Waals surface area contributed by atoms with Gasteiger partial charge in [-0.2, -0.15) is 13.2 Å². The van der Waals surface area contributed by atoms with E-state index in [-0.39, 0.29) is 6.04 Å². The summed E-state index contributed by atoms with van der Waals surface area (Å²) < 4.78 is 38.5. The van der Waals surface area contributed by atoms with Crippen molar-refractivity contribution in [2.75, 3.05) is 11.9 Å². The number of carboxylic acid groups (broad SMARTS) is 1. The number of nitrogens with zero attached hydrogens (tertiary/aromatic N) is 3. The first-order valence-corrected chi connectivity index (χ1v) is 13.2. The van der Waals surface area contributed by atoms with Crippen LogP contribution >= 0.6 is 34.3 Å². The van der Waals surface area contributed by atoms with Crippen LogP contribution in [-0.4, -0.2) is 44.8 Å². The van der Waals surface area contributed by atoms with E-state index in [4.69, 9.17) is 26.2 Å². The monoisotopic (exact) mass is 581 g/mol. The van der Waals surface area contributed by atoms with E-state index in [1.54, 1.807) is 23.2 Å². The third kappa shape index (κ3) is 7.55. The predicted molar refractivity (Wildman–Crippen MR) is 140 cm³/mol. The highest BCUT2D eigenvalue weighted by molar-refractivity contribution is 7.20. The molecular weight excluding hydrogens is 563 g/mol. The Labute approximate surface area is 227 Å². The summed E-state index contributed by atoms with van der Waals surface area (Å²) in [6.45, 7) is 1.43. The summed E-state index contributed by atoms with van der Waals surface area (Å²) >= 11 is 9.55. The highest BCUT2D eigenvalue weighted by Crippen LogP contribution is 2.33. The Kier molecular flexibility index (Phi) is 9.01. The lowest BCUT2D eigenvalue weighted by atomic mass is 10.2. The van der Waals surface area contributed by atoms with Gasteiger partial charge >= 0.3 is 12.1 Å². The Balaban J connectivity index is 0.000000426. The molecule has 8 nitrogen and oxygen atoms in total. The number of thiophene rings is 1. The van der Waals surface area contributed by atoms with Crippen molar-refractivity contribution in [3.05, 3.63) is 57.1 Å². The second kappa shape index (κ2) is 12.4. The highest BCUT2D eigenvalue weighted by Gasteiger charge is 2.38. The maximum atomic E-state index is 10.6. The van der Waals surface area contributed by atoms with Crippen LogP contribution in [0.1, 0.15) is 23.4 Å². The Morgan fingerprint density at radius 2 is 2.11 bits per heavy atom. The third-order valence-corrected chi connectivity index (χ3v) is 7.01. The van der Waals surface area contributed by atoms with Gasteiger partial charge in [-0.15, -0.1) is 22.7 Å². The molecule has 3 N–H and O–H groups in total. The summed E-state index contributed by atoms with van der Waals surface area (Å²) in [6, 6.07) is 7.88. The maximum absolute atomic E-state index is 10.6. The van der Waals surface area contributed by atoms with Crippen molar-refractivity contribution in [2.45, 2.75) is 31.7 Å². The van der Waals surface area contributed by atoms with Crippen molar-refractivity contribution in [1.29, 1.82) is 0 Å². The standard InChI is InChI=1S/C22H18ClN5OS2.C2HF3O2/c23-18-8-15(4-6-20(18)29-10-16-11-30-13-27-16)28-22-21-19(25-12-26-22)9-17(31-21)5-3-14-2-1-7-24-14;3-2(4,5)1(6)7/h4,6,8-9,11-14,24H,1-2,7,10H2,(H,25,26,28);(H,6,7). The lowest BCUT2D eigenvalue weighted by Gasteiger charge is -2.10. The molecule has 0 spiro atoms. The molecule has 1 saturated heterocycles. The quantitative estimate of drug-likeness (QED) is 0.251. The van der Waals surface area contributed by atoms with E-state index in [0.717, 1.165) is 45.3 Å². The number of hydrogen-bond donors (Lipinski definition) is 3. The van der Waals surface area contributed by atoms with Gasteiger partial charge in [0.2, 0.25) is 0 Å². The Bertz CT molecular complexity index is 1460. The number of alkyl halides is 3. The number of hydrogen-bond acceptors (Lipinski definition) is 9. The van der Waals surface area contributed by atoms with Crippen molar-refractivity contribution < 1.29 is 27.8 Å². The minimum Gasteiger partial charge on any atom is -0.486 e. The smallest absolute Gasteiger partial charge is 0.486 e. The topological polar surface area (TPSA) is 109 Å². The summed E-state index contributed by atoms with van der Waals surface area (Å²) in [5, 5.41) is 16.3. The number of halogens is 4. The van der Waals surface area contributed by atoms with Crippen LogP contribution < -0.4 is 15.4 Å². The number of fused-ring (bicyclic) bond motifs is 1. The first-order valence-electron chi connectivity index (χ1n) is 11.0. The third-order valence-electron chi connectivity index (χ3n) is 5.04. The molecule has 0 radical (unpaired) electrons. The summed E-state index contributed by atoms with van der Waals surface area (Å²) in [7, 11) is 0. The normalized spacial score (nSPS) is 14.8. The SMILES string of the molecule is Clc1cc(Nc2ncnc3cc(C#CC4CCCN4)sc23)ccc1OCc1cscn1.O=C(O)C(F)(F)F. The van der Waals surface area contributed by atoms with Crippen LogP contribution in [-0.2, 0) is 11.4 Å². The van der Waals surface area contributed by atoms with Gasteiger partial charge in [0.1, 0.15) is 18.7 Å². The summed E-state index contributed by atoms with van der Waals surface area (Å²) in [5.74, 6) is 5.17. The van der Waals surface area contributed by atoms with Gasteiger partial charge in [0.05, 0.1) is 37.4 Å². The number of aromatic nitrogens is 3. The molecule has 1 aromatic carbocycles. The second-order valence-electron chi connectivity index (χ2n) is 7.81. The molecule has 3 aromatic heterocycles. The molecular formula is C24H19ClF3N5O3S2. The van der Waals surface area contributed by atoms with Crippen molar-refractivity contribution in [3.8, 4) is 17.6 Å². The molecule has 0 saturated carbocycles. The first kappa shape index (κ1) is 27.6. The molecule has 1 aliphatic rings. The fourth-order valence-corrected chi connectivity index (χ4v) is 4.96. The minimum absolute atomic E-state index is 0.285. The van der Waals surface area contributed by atoms with E-state index < -0.39 is 12.1 Å². The van der Waals surface area contributed by atoms with Crippen molar-refractivity contribution in [3.63, 3.8) is 0 Å². The van der Waals surface area contributed by atoms with Gasteiger partial charge in [-0.1, -0.05) is 23.4 Å². The molecule has 4 aromatic rings. The van der Waals surface area contributed by atoms with Gasteiger partial charge < -0.3 is 20.5 Å². The molecule has 4 heterocycles. The first-order chi connectivity index (χ1) is 18.2. The molecule has 0 aliphatic carbocycles. The number of thiazole rings is 1. The molecule has 5 rings (SSSR count). The van der Waals surface area contributed by atoms with Gasteiger partial charge in [0.25, 0.3) is 0 Å². The summed E-state index contributed by atoms with van der Waals surface area (Å²) in [6.07, 6.45) is -1.24. The van der Waals surface area contributed by atoms with Crippen LogP contribution in [0.25, 0.3) is 10.2 Å². The zero-order chi connectivity index (χ0) is 27.1. The van der Waals surface area contributed by atoms with E-state index in [1.165, 1.54) is 17.8 Å². The number of nitrogens with one attached hydrogen (secondary N) is 2. The van der Waals surface area contributed by atoms with Crippen LogP contribution in [0.5, 0.6) is 5.75 Å². The van der Waals surface area contributed by atoms with E-state index in [1.807, 2.05) is 29.6 Å². The fraction of sp³-hybridized carbons (Fsp3) is 0.250. The second-order valence-corrected chi connectivity index (χ2v) is 9.99. The van der Waals surface area contributed by atoms with E-state index in [0.29, 0.717) is 17.4 Å². The van der Waals surface area contributed by atoms with Crippen LogP contribution in [0.15, 0.2) is 41.5 Å². The maximum Gasteiger partial charge on any atom is 0.490 e. The molecule has 1 unspecified atom stereocenters. The summed E-state index contributed by atoms with van der Waals surface area (Å²) in [4.78, 5) is 22.9. The highest BCUT2D eigenvalue weighted by atomic mass is 35.5. The number of carbonyl (C=O) groups is 1. The molecule has 198 valence electrons. The number of aliphatic carboxylic acids is 1. The number of benzene rings is 1. The molecule has 0 amide bonds. The molecule has 14 heteroatoms. The van der Waals surface area contributed by atoms with E-state index in [9.17, 15) is 13.2 Å². The van der Waals surface area contributed by atoms with Gasteiger partial charge in [-0.05, 0) is 43.7 Å². The van der Waals surface area contributed by atoms with E-state index in [2.05, 4.69) is 37.4 Å². The number of ether oxygens (including phenoxy) is 1. The van der Waals surface area contributed by atoms with Crippen LogP contribution in [0.4, 0.5) is 24.7 Å². The number of carboxylic acids is 1. The van der Waals surface area contributed by atoms with Gasteiger partial charge in [-0.3, -0.25) is 0 Å². The largest absolute Gasteiger partial charge is 0.490 e. The van der Waals surface area contributed by atoms with E-state index >= 15 is 0 Å². The zero-order valence-corrected chi connectivity index (χ0v) is 21.8. The number of rotatable bonds is 5. The molecule has 0 bridgehead atoms. The lowest BCUT2D eigenvalue weighted by molar-refractivity contribution is -0.192. The zero-order valence-electron chi connectivity index (χ0n) is 19.4. The number of anilines is 2. The Morgan fingerprint density at radius 1 is 1.29 bits per heavy atom. The average Bonchev–Trinajstić information content (AvgIpc) is 3.64. The summed E-state index contributed by atoms with van der Waals surface area (Å²) in [5.41, 5.74) is 4.36. The molecule has 1 aliphatic heterocycles. The molecule has 38 heavy (non-hydrogen) atoms.